The highest BCUT2D eigenvalue weighted by atomic mass is 28.4. The largest absolute Gasteiger partial charge is 0.547 e. The number of rotatable bonds is 2. The van der Waals surface area contributed by atoms with Gasteiger partial charge < -0.3 is 9.74 Å². The topological polar surface area (TPSA) is 21.3 Å². The van der Waals surface area contributed by atoms with Gasteiger partial charge in [0, 0.05) is 19.5 Å². The van der Waals surface area contributed by atoms with Crippen molar-refractivity contribution in [3.05, 3.63) is 11.8 Å². The molecule has 0 aliphatic carbocycles. The molecule has 0 spiro atoms. The average Bonchev–Trinajstić information content (AvgIpc) is 2.03. The van der Waals surface area contributed by atoms with Gasteiger partial charge in [-0.2, -0.15) is 0 Å². The average molecular weight is 213 g/mol. The van der Waals surface area contributed by atoms with Crippen molar-refractivity contribution in [1.82, 2.24) is 5.32 Å². The van der Waals surface area contributed by atoms with Crippen LogP contribution in [0.15, 0.2) is 11.8 Å². The second kappa shape index (κ2) is 4.07. The fourth-order valence-corrected chi connectivity index (χ4v) is 2.32. The van der Waals surface area contributed by atoms with Crippen LogP contribution in [0.1, 0.15) is 27.2 Å². The van der Waals surface area contributed by atoms with E-state index in [1.165, 1.54) is 5.76 Å². The maximum Gasteiger partial charge on any atom is 0.250 e. The van der Waals surface area contributed by atoms with E-state index in [9.17, 15) is 0 Å². The molecule has 1 N–H and O–H groups in total. The molecule has 0 saturated heterocycles. The van der Waals surface area contributed by atoms with Gasteiger partial charge in [-0.05, 0) is 24.2 Å². The van der Waals surface area contributed by atoms with Crippen LogP contribution in [0.2, 0.25) is 18.1 Å². The van der Waals surface area contributed by atoms with Gasteiger partial charge in [0.2, 0.25) is 8.32 Å². The summed E-state index contributed by atoms with van der Waals surface area (Å²) in [6.07, 6.45) is 3.23. The maximum absolute atomic E-state index is 6.20. The molecule has 1 aliphatic rings. The standard InChI is InChI=1S/C11H23NOSi/c1-11(2,3)14(4,5)13-10-6-8-12-9-7-10/h6,12H,7-9H2,1-5H3. The van der Waals surface area contributed by atoms with Gasteiger partial charge in [-0.1, -0.05) is 20.8 Å². The lowest BCUT2D eigenvalue weighted by molar-refractivity contribution is 0.355. The zero-order valence-corrected chi connectivity index (χ0v) is 11.1. The molecule has 1 aliphatic heterocycles. The molecule has 2 nitrogen and oxygen atoms in total. The molecule has 0 saturated carbocycles. The summed E-state index contributed by atoms with van der Waals surface area (Å²) >= 11 is 0. The quantitative estimate of drug-likeness (QED) is 0.712. The Morgan fingerprint density at radius 2 is 2.00 bits per heavy atom. The van der Waals surface area contributed by atoms with Gasteiger partial charge in [-0.15, -0.1) is 0 Å². The van der Waals surface area contributed by atoms with Gasteiger partial charge in [0.1, 0.15) is 0 Å². The highest BCUT2D eigenvalue weighted by Crippen LogP contribution is 2.38. The second-order valence-electron chi connectivity index (χ2n) is 5.49. The summed E-state index contributed by atoms with van der Waals surface area (Å²) in [5.41, 5.74) is 0. The van der Waals surface area contributed by atoms with Crippen molar-refractivity contribution in [2.75, 3.05) is 13.1 Å². The van der Waals surface area contributed by atoms with E-state index in [4.69, 9.17) is 4.43 Å². The monoisotopic (exact) mass is 213 g/mol. The molecule has 0 bridgehead atoms. The molecule has 0 aromatic heterocycles. The van der Waals surface area contributed by atoms with Crippen LogP contribution in [-0.4, -0.2) is 21.4 Å². The number of hydrogen-bond donors (Lipinski definition) is 1. The smallest absolute Gasteiger partial charge is 0.250 e. The molecule has 0 unspecified atom stereocenters. The fourth-order valence-electron chi connectivity index (χ4n) is 1.18. The van der Waals surface area contributed by atoms with Crippen LogP contribution in [0.25, 0.3) is 0 Å². The summed E-state index contributed by atoms with van der Waals surface area (Å²) in [6, 6.07) is 0. The van der Waals surface area contributed by atoms with Gasteiger partial charge in [0.15, 0.2) is 0 Å². The van der Waals surface area contributed by atoms with Crippen molar-refractivity contribution < 1.29 is 4.43 Å². The SMILES string of the molecule is CC(C)(C)[Si](C)(C)OC1=CCNCC1. The van der Waals surface area contributed by atoms with E-state index in [0.717, 1.165) is 19.5 Å². The third-order valence-corrected chi connectivity index (χ3v) is 7.60. The summed E-state index contributed by atoms with van der Waals surface area (Å²) in [5.74, 6) is 1.20. The molecule has 0 aromatic carbocycles. The van der Waals surface area contributed by atoms with E-state index in [-0.39, 0.29) is 0 Å². The first-order chi connectivity index (χ1) is 6.33. The Morgan fingerprint density at radius 1 is 1.36 bits per heavy atom. The molecule has 3 heteroatoms. The van der Waals surface area contributed by atoms with Crippen LogP contribution in [0.5, 0.6) is 0 Å². The van der Waals surface area contributed by atoms with Gasteiger partial charge in [0.05, 0.1) is 5.76 Å². The van der Waals surface area contributed by atoms with Crippen LogP contribution >= 0.6 is 0 Å². The Kier molecular flexibility index (Phi) is 3.43. The minimum atomic E-state index is -1.59. The summed E-state index contributed by atoms with van der Waals surface area (Å²) in [5, 5.41) is 3.60. The van der Waals surface area contributed by atoms with Gasteiger partial charge in [0.25, 0.3) is 0 Å². The molecular weight excluding hydrogens is 190 g/mol. The first-order valence-electron chi connectivity index (χ1n) is 5.42. The molecule has 0 amide bonds. The zero-order chi connectivity index (χ0) is 10.8. The molecular formula is C11H23NOSi. The van der Waals surface area contributed by atoms with Crippen molar-refractivity contribution in [1.29, 1.82) is 0 Å². The molecule has 0 aromatic rings. The van der Waals surface area contributed by atoms with E-state index in [1.54, 1.807) is 0 Å². The Labute approximate surface area is 88.9 Å². The van der Waals surface area contributed by atoms with E-state index in [1.807, 2.05) is 0 Å². The Bertz CT molecular complexity index is 228. The second-order valence-corrected chi connectivity index (χ2v) is 10.2. The van der Waals surface area contributed by atoms with Crippen LogP contribution in [0.4, 0.5) is 0 Å². The number of nitrogens with one attached hydrogen (secondary N) is 1. The third-order valence-electron chi connectivity index (χ3n) is 3.21. The first kappa shape index (κ1) is 11.8. The first-order valence-corrected chi connectivity index (χ1v) is 8.32. The van der Waals surface area contributed by atoms with Crippen molar-refractivity contribution in [3.63, 3.8) is 0 Å². The molecule has 0 fully saturated rings. The van der Waals surface area contributed by atoms with Gasteiger partial charge in [-0.25, -0.2) is 0 Å². The number of hydrogen-bond acceptors (Lipinski definition) is 2. The predicted octanol–water partition coefficient (Wildman–Crippen LogP) is 2.89. The van der Waals surface area contributed by atoms with E-state index in [2.05, 4.69) is 45.3 Å². The summed E-state index contributed by atoms with van der Waals surface area (Å²) < 4.78 is 6.20. The Balaban J connectivity index is 2.62. The minimum absolute atomic E-state index is 0.304. The molecule has 14 heavy (non-hydrogen) atoms. The Morgan fingerprint density at radius 3 is 2.43 bits per heavy atom. The molecule has 0 atom stereocenters. The predicted molar refractivity (Wildman–Crippen MR) is 63.9 cm³/mol. The van der Waals surface area contributed by atoms with Crippen molar-refractivity contribution in [2.24, 2.45) is 0 Å². The van der Waals surface area contributed by atoms with Crippen LogP contribution in [-0.2, 0) is 4.43 Å². The van der Waals surface area contributed by atoms with E-state index >= 15 is 0 Å². The minimum Gasteiger partial charge on any atom is -0.547 e. The van der Waals surface area contributed by atoms with Crippen molar-refractivity contribution in [2.45, 2.75) is 45.3 Å². The lowest BCUT2D eigenvalue weighted by Crippen LogP contribution is -2.41. The summed E-state index contributed by atoms with van der Waals surface area (Å²) in [6.45, 7) is 13.5. The highest BCUT2D eigenvalue weighted by molar-refractivity contribution is 6.74. The lowest BCUT2D eigenvalue weighted by atomic mass is 10.2. The van der Waals surface area contributed by atoms with E-state index < -0.39 is 8.32 Å². The third kappa shape index (κ3) is 2.85. The summed E-state index contributed by atoms with van der Waals surface area (Å²) in [7, 11) is -1.59. The molecule has 1 rings (SSSR count). The van der Waals surface area contributed by atoms with E-state index in [0.29, 0.717) is 5.04 Å². The maximum atomic E-state index is 6.20. The fraction of sp³-hybridized carbons (Fsp3) is 0.818. The van der Waals surface area contributed by atoms with Gasteiger partial charge in [-0.3, -0.25) is 0 Å². The van der Waals surface area contributed by atoms with Crippen LogP contribution in [0, 0.1) is 0 Å². The van der Waals surface area contributed by atoms with Crippen LogP contribution in [0.3, 0.4) is 0 Å². The molecule has 0 radical (unpaired) electrons. The molecule has 1 heterocycles. The van der Waals surface area contributed by atoms with Gasteiger partial charge >= 0.3 is 0 Å². The lowest BCUT2D eigenvalue weighted by Gasteiger charge is -2.38. The Hall–Kier alpha value is -0.283. The normalized spacial score (nSPS) is 19.1. The molecule has 82 valence electrons. The summed E-state index contributed by atoms with van der Waals surface area (Å²) in [4.78, 5) is 0. The highest BCUT2D eigenvalue weighted by Gasteiger charge is 2.39. The van der Waals surface area contributed by atoms with Crippen LogP contribution < -0.4 is 5.32 Å². The van der Waals surface area contributed by atoms with Crippen molar-refractivity contribution >= 4 is 8.32 Å². The zero-order valence-electron chi connectivity index (χ0n) is 10.1. The van der Waals surface area contributed by atoms with Crippen molar-refractivity contribution in [3.8, 4) is 0 Å².